The molecule has 0 aliphatic heterocycles. The van der Waals surface area contributed by atoms with Gasteiger partial charge in [-0.1, -0.05) is 36.4 Å². The molecule has 0 saturated carbocycles. The highest BCUT2D eigenvalue weighted by Gasteiger charge is 2.22. The van der Waals surface area contributed by atoms with Gasteiger partial charge >= 0.3 is 5.97 Å². The third-order valence-electron chi connectivity index (χ3n) is 5.78. The normalized spacial score (nSPS) is 13.1. The van der Waals surface area contributed by atoms with Gasteiger partial charge in [-0.25, -0.2) is 9.78 Å². The van der Waals surface area contributed by atoms with Crippen molar-refractivity contribution < 1.29 is 14.7 Å². The van der Waals surface area contributed by atoms with E-state index in [0.717, 1.165) is 29.7 Å². The van der Waals surface area contributed by atoms with Crippen LogP contribution in [0.5, 0.6) is 0 Å². The van der Waals surface area contributed by atoms with Crippen molar-refractivity contribution in [1.82, 2.24) is 19.6 Å². The fraction of sp³-hybridized carbons (Fsp3) is 0.115. The minimum absolute atomic E-state index is 0.0897. The van der Waals surface area contributed by atoms with E-state index in [2.05, 4.69) is 28.3 Å². The Morgan fingerprint density at radius 3 is 2.62 bits per heavy atom. The molecule has 0 fully saturated rings. The molecule has 1 aromatic carbocycles. The monoisotopic (exact) mass is 451 g/mol. The summed E-state index contributed by atoms with van der Waals surface area (Å²) in [5, 5.41) is 13.8. The zero-order valence-corrected chi connectivity index (χ0v) is 18.4. The lowest BCUT2D eigenvalue weighted by Crippen LogP contribution is -2.11. The summed E-state index contributed by atoms with van der Waals surface area (Å²) >= 11 is 0. The Balaban J connectivity index is 1.66. The number of nitrogens with zero attached hydrogens (tertiary/aromatic N) is 4. The number of carboxylic acid groups (broad SMARTS) is 1. The molecule has 34 heavy (non-hydrogen) atoms. The number of hydrogen-bond acceptors (Lipinski definition) is 6. The molecule has 4 aromatic rings. The molecule has 3 aromatic heterocycles. The number of allylic oxidation sites excluding steroid dienone is 4. The SMILES string of the molecule is CC(=O)c1c(-c2cccc(C(=O)O)c2)nc2c(-c3ccc(C4=CCCC=C4)nc3)cnn2c1N. The van der Waals surface area contributed by atoms with Gasteiger partial charge in [-0.2, -0.15) is 9.61 Å². The van der Waals surface area contributed by atoms with Gasteiger partial charge in [-0.15, -0.1) is 0 Å². The molecule has 0 saturated heterocycles. The molecular formula is C26H21N5O3. The molecule has 0 spiro atoms. The van der Waals surface area contributed by atoms with Crippen molar-refractivity contribution in [1.29, 1.82) is 0 Å². The summed E-state index contributed by atoms with van der Waals surface area (Å²) in [6, 6.07) is 10.2. The Hall–Kier alpha value is -4.59. The number of carboxylic acids is 1. The molecular weight excluding hydrogens is 430 g/mol. The number of carbonyl (C=O) groups excluding carboxylic acids is 1. The Labute approximate surface area is 195 Å². The van der Waals surface area contributed by atoms with Crippen molar-refractivity contribution in [2.75, 3.05) is 5.73 Å². The van der Waals surface area contributed by atoms with Gasteiger partial charge in [0.15, 0.2) is 11.4 Å². The number of rotatable bonds is 5. The summed E-state index contributed by atoms with van der Waals surface area (Å²) in [4.78, 5) is 33.3. The second kappa shape index (κ2) is 8.40. The zero-order valence-electron chi connectivity index (χ0n) is 18.4. The summed E-state index contributed by atoms with van der Waals surface area (Å²) in [7, 11) is 0. The standard InChI is InChI=1S/C26H21N5O3/c1-15(32)22-23(17-8-5-9-18(12-17)26(33)34)30-25-20(14-29-31(25)24(22)27)19-10-11-21(28-13-19)16-6-3-2-4-7-16/h3,5-14H,2,4,27H2,1H3,(H,33,34). The molecule has 0 radical (unpaired) electrons. The van der Waals surface area contributed by atoms with Gasteiger partial charge in [-0.3, -0.25) is 9.78 Å². The van der Waals surface area contributed by atoms with Crippen LogP contribution in [0.3, 0.4) is 0 Å². The van der Waals surface area contributed by atoms with Crippen LogP contribution in [0.1, 0.15) is 46.2 Å². The third kappa shape index (κ3) is 3.65. The first-order valence-corrected chi connectivity index (χ1v) is 10.8. The lowest BCUT2D eigenvalue weighted by Gasteiger charge is -2.12. The highest BCUT2D eigenvalue weighted by atomic mass is 16.4. The van der Waals surface area contributed by atoms with E-state index in [1.165, 1.54) is 23.6 Å². The van der Waals surface area contributed by atoms with E-state index >= 15 is 0 Å². The summed E-state index contributed by atoms with van der Waals surface area (Å²) in [6.07, 6.45) is 11.8. The number of nitrogens with two attached hydrogens (primary N) is 1. The molecule has 0 amide bonds. The molecule has 1 aliphatic carbocycles. The molecule has 168 valence electrons. The lowest BCUT2D eigenvalue weighted by atomic mass is 10.0. The van der Waals surface area contributed by atoms with Crippen LogP contribution in [0, 0.1) is 0 Å². The van der Waals surface area contributed by atoms with Crippen molar-refractivity contribution in [2.45, 2.75) is 19.8 Å². The van der Waals surface area contributed by atoms with Crippen molar-refractivity contribution in [2.24, 2.45) is 0 Å². The van der Waals surface area contributed by atoms with E-state index in [1.54, 1.807) is 24.5 Å². The number of hydrogen-bond donors (Lipinski definition) is 2. The Morgan fingerprint density at radius 1 is 1.09 bits per heavy atom. The van der Waals surface area contributed by atoms with Crippen LogP contribution < -0.4 is 5.73 Å². The Bertz CT molecular complexity index is 1510. The van der Waals surface area contributed by atoms with Crippen LogP contribution in [0.15, 0.2) is 67.0 Å². The van der Waals surface area contributed by atoms with Crippen molar-refractivity contribution in [3.05, 3.63) is 83.8 Å². The molecule has 8 heteroatoms. The average Bonchev–Trinajstić information content (AvgIpc) is 3.29. The number of pyridine rings is 1. The van der Waals surface area contributed by atoms with Gasteiger partial charge < -0.3 is 10.8 Å². The maximum absolute atomic E-state index is 12.5. The minimum atomic E-state index is -1.07. The summed E-state index contributed by atoms with van der Waals surface area (Å²) < 4.78 is 1.43. The van der Waals surface area contributed by atoms with Crippen LogP contribution in [0.2, 0.25) is 0 Å². The first-order valence-electron chi connectivity index (χ1n) is 10.8. The summed E-state index contributed by atoms with van der Waals surface area (Å²) in [5.74, 6) is -1.22. The molecule has 5 rings (SSSR count). The van der Waals surface area contributed by atoms with Crippen LogP contribution in [-0.4, -0.2) is 36.4 Å². The van der Waals surface area contributed by atoms with Gasteiger partial charge in [0.2, 0.25) is 0 Å². The largest absolute Gasteiger partial charge is 0.478 e. The van der Waals surface area contributed by atoms with Gasteiger partial charge in [0.05, 0.1) is 28.7 Å². The molecule has 0 bridgehead atoms. The second-order valence-corrected chi connectivity index (χ2v) is 8.03. The predicted octanol–water partition coefficient (Wildman–Crippen LogP) is 4.67. The quantitative estimate of drug-likeness (QED) is 0.422. The van der Waals surface area contributed by atoms with Crippen molar-refractivity contribution >= 4 is 28.8 Å². The van der Waals surface area contributed by atoms with Crippen molar-refractivity contribution in [3.63, 3.8) is 0 Å². The van der Waals surface area contributed by atoms with Crippen LogP contribution in [-0.2, 0) is 0 Å². The van der Waals surface area contributed by atoms with Gasteiger partial charge in [-0.05, 0) is 43.5 Å². The number of carbonyl (C=O) groups is 2. The first-order chi connectivity index (χ1) is 16.4. The summed E-state index contributed by atoms with van der Waals surface area (Å²) in [6.45, 7) is 1.39. The molecule has 3 heterocycles. The number of aromatic carboxylic acids is 1. The predicted molar refractivity (Wildman–Crippen MR) is 129 cm³/mol. The number of fused-ring (bicyclic) bond motifs is 1. The van der Waals surface area contributed by atoms with Crippen molar-refractivity contribution in [3.8, 4) is 22.4 Å². The number of anilines is 1. The maximum atomic E-state index is 12.5. The molecule has 0 atom stereocenters. The second-order valence-electron chi connectivity index (χ2n) is 8.03. The Kier molecular flexibility index (Phi) is 5.25. The number of aromatic nitrogens is 4. The minimum Gasteiger partial charge on any atom is -0.478 e. The highest BCUT2D eigenvalue weighted by Crippen LogP contribution is 2.32. The van der Waals surface area contributed by atoms with Crippen LogP contribution in [0.4, 0.5) is 5.82 Å². The molecule has 8 nitrogen and oxygen atoms in total. The maximum Gasteiger partial charge on any atom is 0.335 e. The van der Waals surface area contributed by atoms with E-state index in [9.17, 15) is 14.7 Å². The molecule has 1 aliphatic rings. The van der Waals surface area contributed by atoms with E-state index in [4.69, 9.17) is 10.7 Å². The fourth-order valence-corrected chi connectivity index (χ4v) is 4.10. The van der Waals surface area contributed by atoms with Gasteiger partial charge in [0, 0.05) is 22.9 Å². The number of Topliss-reactive ketones (excluding diaryl/α,β-unsaturated/α-hetero) is 1. The third-order valence-corrected chi connectivity index (χ3v) is 5.78. The van der Waals surface area contributed by atoms with E-state index in [-0.39, 0.29) is 22.7 Å². The highest BCUT2D eigenvalue weighted by molar-refractivity contribution is 6.05. The smallest absolute Gasteiger partial charge is 0.335 e. The van der Waals surface area contributed by atoms with Gasteiger partial charge in [0.25, 0.3) is 0 Å². The van der Waals surface area contributed by atoms with Crippen LogP contribution >= 0.6 is 0 Å². The number of ketones is 1. The first kappa shape index (κ1) is 21.3. The Morgan fingerprint density at radius 2 is 1.94 bits per heavy atom. The molecule has 0 unspecified atom stereocenters. The zero-order chi connectivity index (χ0) is 23.8. The number of benzene rings is 1. The average molecular weight is 451 g/mol. The van der Waals surface area contributed by atoms with Gasteiger partial charge in [0.1, 0.15) is 5.82 Å². The topological polar surface area (TPSA) is 123 Å². The summed E-state index contributed by atoms with van der Waals surface area (Å²) in [5.41, 5.74) is 11.4. The van der Waals surface area contributed by atoms with E-state index in [0.29, 0.717) is 22.5 Å². The fourth-order valence-electron chi connectivity index (χ4n) is 4.10. The number of nitrogen functional groups attached to an aromatic ring is 1. The molecule has 3 N–H and O–H groups in total. The van der Waals surface area contributed by atoms with E-state index in [1.807, 2.05) is 12.1 Å². The lowest BCUT2D eigenvalue weighted by molar-refractivity contribution is 0.0696. The van der Waals surface area contributed by atoms with E-state index < -0.39 is 5.97 Å². The van der Waals surface area contributed by atoms with Crippen LogP contribution in [0.25, 0.3) is 33.6 Å².